The zero-order chi connectivity index (χ0) is 18.4. The van der Waals surface area contributed by atoms with Crippen molar-refractivity contribution in [2.24, 2.45) is 0 Å². The van der Waals surface area contributed by atoms with E-state index in [-0.39, 0.29) is 11.6 Å². The molecule has 0 atom stereocenters. The van der Waals surface area contributed by atoms with Crippen LogP contribution in [0.15, 0.2) is 24.5 Å². The summed E-state index contributed by atoms with van der Waals surface area (Å²) in [5, 5.41) is 12.3. The molecule has 1 saturated heterocycles. The quantitative estimate of drug-likeness (QED) is 0.694. The number of hydrogen-bond acceptors (Lipinski definition) is 7. The van der Waals surface area contributed by atoms with E-state index in [1.807, 2.05) is 17.0 Å². The summed E-state index contributed by atoms with van der Waals surface area (Å²) in [6.07, 6.45) is 0.959. The molecule has 27 heavy (non-hydrogen) atoms. The molecule has 0 aromatic carbocycles. The van der Waals surface area contributed by atoms with Gasteiger partial charge in [-0.25, -0.2) is 18.7 Å². The zero-order valence-electron chi connectivity index (χ0n) is 14.5. The summed E-state index contributed by atoms with van der Waals surface area (Å²) < 4.78 is 28.1. The van der Waals surface area contributed by atoms with E-state index in [1.165, 1.54) is 6.07 Å². The van der Waals surface area contributed by atoms with Gasteiger partial charge in [0.05, 0.1) is 0 Å². The van der Waals surface area contributed by atoms with Gasteiger partial charge in [-0.05, 0) is 25.0 Å². The van der Waals surface area contributed by atoms with Crippen molar-refractivity contribution in [1.29, 1.82) is 0 Å². The maximum absolute atomic E-state index is 13.2. The number of nitrogens with zero attached hydrogens (tertiary/aromatic N) is 8. The van der Waals surface area contributed by atoms with Crippen molar-refractivity contribution in [3.8, 4) is 0 Å². The lowest BCUT2D eigenvalue weighted by atomic mass is 10.2. The molecule has 5 rings (SSSR count). The third-order valence-corrected chi connectivity index (χ3v) is 4.99. The molecule has 2 aliphatic rings. The highest BCUT2D eigenvalue weighted by atomic mass is 19.3. The number of anilines is 2. The van der Waals surface area contributed by atoms with Crippen LogP contribution in [0.25, 0.3) is 5.65 Å². The lowest BCUT2D eigenvalue weighted by Crippen LogP contribution is -2.47. The van der Waals surface area contributed by atoms with Gasteiger partial charge >= 0.3 is 0 Å². The molecule has 0 N–H and O–H groups in total. The minimum absolute atomic E-state index is 0.177. The van der Waals surface area contributed by atoms with Crippen LogP contribution in [-0.2, 0) is 0 Å². The van der Waals surface area contributed by atoms with Gasteiger partial charge in [0.25, 0.3) is 6.43 Å². The highest BCUT2D eigenvalue weighted by Gasteiger charge is 2.29. The number of piperazine rings is 1. The number of fused-ring (bicyclic) bond motifs is 1. The predicted octanol–water partition coefficient (Wildman–Crippen LogP) is 2.06. The van der Waals surface area contributed by atoms with E-state index >= 15 is 0 Å². The Morgan fingerprint density at radius 3 is 2.41 bits per heavy atom. The number of alkyl halides is 2. The number of aromatic nitrogens is 6. The largest absolute Gasteiger partial charge is 0.353 e. The van der Waals surface area contributed by atoms with Gasteiger partial charge in [0.2, 0.25) is 0 Å². The Bertz CT molecular complexity index is 942. The maximum Gasteiger partial charge on any atom is 0.280 e. The standard InChI is InChI=1S/C17H18F2N8/c18-16(19)12-9-15(22-17(21-12)11-1-2-11)26-7-5-25(6-8-26)14-4-3-13-23-20-10-27(13)24-14/h3-4,9-11,16H,1-2,5-8H2. The first-order valence-electron chi connectivity index (χ1n) is 9.01. The molecule has 3 aromatic heterocycles. The average molecular weight is 372 g/mol. The molecule has 0 spiro atoms. The van der Waals surface area contributed by atoms with Crippen molar-refractivity contribution in [1.82, 2.24) is 29.8 Å². The highest BCUT2D eigenvalue weighted by Crippen LogP contribution is 2.39. The normalized spacial score (nSPS) is 17.9. The lowest BCUT2D eigenvalue weighted by molar-refractivity contribution is 0.145. The molecule has 2 fully saturated rings. The second kappa shape index (κ2) is 6.36. The third-order valence-electron chi connectivity index (χ3n) is 4.99. The van der Waals surface area contributed by atoms with Crippen molar-refractivity contribution < 1.29 is 8.78 Å². The first kappa shape index (κ1) is 16.3. The fourth-order valence-corrected chi connectivity index (χ4v) is 3.32. The van der Waals surface area contributed by atoms with E-state index in [0.717, 1.165) is 31.7 Å². The summed E-state index contributed by atoms with van der Waals surface area (Å²) in [7, 11) is 0. The topological polar surface area (TPSA) is 75.3 Å². The predicted molar refractivity (Wildman–Crippen MR) is 94.2 cm³/mol. The second-order valence-electron chi connectivity index (χ2n) is 6.88. The minimum atomic E-state index is -2.58. The molecule has 3 aromatic rings. The molecule has 10 heteroatoms. The van der Waals surface area contributed by atoms with Gasteiger partial charge in [-0.1, -0.05) is 0 Å². The lowest BCUT2D eigenvalue weighted by Gasteiger charge is -2.36. The molecule has 0 amide bonds. The number of hydrogen-bond donors (Lipinski definition) is 0. The Morgan fingerprint density at radius 2 is 1.70 bits per heavy atom. The molecule has 140 valence electrons. The summed E-state index contributed by atoms with van der Waals surface area (Å²) in [5.41, 5.74) is 0.523. The van der Waals surface area contributed by atoms with Crippen molar-refractivity contribution >= 4 is 17.3 Å². The monoisotopic (exact) mass is 372 g/mol. The molecule has 0 unspecified atom stereocenters. The van der Waals surface area contributed by atoms with E-state index in [0.29, 0.717) is 30.4 Å². The Balaban J connectivity index is 1.34. The minimum Gasteiger partial charge on any atom is -0.353 e. The van der Waals surface area contributed by atoms with E-state index in [2.05, 4.69) is 30.2 Å². The molecule has 1 saturated carbocycles. The Labute approximate surface area is 153 Å². The smallest absolute Gasteiger partial charge is 0.280 e. The molecular formula is C17H18F2N8. The van der Waals surface area contributed by atoms with E-state index in [4.69, 9.17) is 0 Å². The van der Waals surface area contributed by atoms with Crippen LogP contribution in [0.5, 0.6) is 0 Å². The summed E-state index contributed by atoms with van der Waals surface area (Å²) >= 11 is 0. The maximum atomic E-state index is 13.2. The van der Waals surface area contributed by atoms with Gasteiger partial charge in [-0.2, -0.15) is 4.52 Å². The molecule has 0 bridgehead atoms. The van der Waals surface area contributed by atoms with Crippen LogP contribution in [0.3, 0.4) is 0 Å². The fourth-order valence-electron chi connectivity index (χ4n) is 3.32. The fraction of sp³-hybridized carbons (Fsp3) is 0.471. The van der Waals surface area contributed by atoms with Crippen LogP contribution in [0, 0.1) is 0 Å². The van der Waals surface area contributed by atoms with E-state index in [1.54, 1.807) is 10.8 Å². The van der Waals surface area contributed by atoms with Crippen molar-refractivity contribution in [3.05, 3.63) is 36.0 Å². The van der Waals surface area contributed by atoms with Crippen LogP contribution in [0.2, 0.25) is 0 Å². The van der Waals surface area contributed by atoms with Crippen molar-refractivity contribution in [2.45, 2.75) is 25.2 Å². The van der Waals surface area contributed by atoms with E-state index < -0.39 is 6.43 Å². The Morgan fingerprint density at radius 1 is 0.963 bits per heavy atom. The summed E-state index contributed by atoms with van der Waals surface area (Å²) in [6.45, 7) is 2.83. The van der Waals surface area contributed by atoms with Crippen molar-refractivity contribution in [3.63, 3.8) is 0 Å². The van der Waals surface area contributed by atoms with Gasteiger partial charge in [0.1, 0.15) is 29.5 Å². The van der Waals surface area contributed by atoms with Crippen LogP contribution >= 0.6 is 0 Å². The van der Waals surface area contributed by atoms with Crippen molar-refractivity contribution in [2.75, 3.05) is 36.0 Å². The third kappa shape index (κ3) is 3.15. The van der Waals surface area contributed by atoms with Crippen LogP contribution in [0.1, 0.15) is 36.7 Å². The zero-order valence-corrected chi connectivity index (χ0v) is 14.5. The molecule has 1 aliphatic carbocycles. The van der Waals surface area contributed by atoms with E-state index in [9.17, 15) is 8.78 Å². The van der Waals surface area contributed by atoms with Gasteiger partial charge in [0, 0.05) is 38.2 Å². The molecule has 1 aliphatic heterocycles. The first-order valence-corrected chi connectivity index (χ1v) is 9.01. The molecule has 8 nitrogen and oxygen atoms in total. The van der Waals surface area contributed by atoms with Gasteiger partial charge < -0.3 is 9.80 Å². The van der Waals surface area contributed by atoms with Crippen LogP contribution in [-0.4, -0.2) is 56.0 Å². The number of halogens is 2. The molecule has 4 heterocycles. The first-order chi connectivity index (χ1) is 13.2. The van der Waals surface area contributed by atoms with Crippen LogP contribution < -0.4 is 9.80 Å². The highest BCUT2D eigenvalue weighted by molar-refractivity contribution is 5.48. The Kier molecular flexibility index (Phi) is 3.83. The summed E-state index contributed by atoms with van der Waals surface area (Å²) in [4.78, 5) is 12.8. The molecular weight excluding hydrogens is 354 g/mol. The molecule has 0 radical (unpaired) electrons. The summed E-state index contributed by atoms with van der Waals surface area (Å²) in [5.74, 6) is 2.24. The second-order valence-corrected chi connectivity index (χ2v) is 6.88. The number of rotatable bonds is 4. The van der Waals surface area contributed by atoms with Crippen LogP contribution in [0.4, 0.5) is 20.4 Å². The van der Waals surface area contributed by atoms with Gasteiger partial charge in [-0.3, -0.25) is 0 Å². The Hall–Kier alpha value is -2.91. The van der Waals surface area contributed by atoms with Gasteiger partial charge in [-0.15, -0.1) is 15.3 Å². The average Bonchev–Trinajstić information content (AvgIpc) is 3.45. The summed E-state index contributed by atoms with van der Waals surface area (Å²) in [6, 6.07) is 5.22. The SMILES string of the molecule is FC(F)c1cc(N2CCN(c3ccc4nncn4n3)CC2)nc(C2CC2)n1. The van der Waals surface area contributed by atoms with Gasteiger partial charge in [0.15, 0.2) is 5.65 Å².